The summed E-state index contributed by atoms with van der Waals surface area (Å²) in [4.78, 5) is 12.9. The third-order valence-corrected chi connectivity index (χ3v) is 8.75. The number of fused-ring (bicyclic) bond motifs is 1. The Morgan fingerprint density at radius 2 is 2.09 bits per heavy atom. The number of hydrogen-bond donors (Lipinski definition) is 0. The Balaban J connectivity index is 1.77. The van der Waals surface area contributed by atoms with Gasteiger partial charge in [-0.25, -0.2) is 12.7 Å². The van der Waals surface area contributed by atoms with Gasteiger partial charge in [0.05, 0.1) is 11.8 Å². The molecule has 2 saturated carbocycles. The van der Waals surface area contributed by atoms with Crippen LogP contribution in [0, 0.1) is 16.7 Å². The van der Waals surface area contributed by atoms with Gasteiger partial charge in [-0.3, -0.25) is 4.79 Å². The van der Waals surface area contributed by atoms with E-state index in [1.54, 1.807) is 6.08 Å². The summed E-state index contributed by atoms with van der Waals surface area (Å²) in [6.07, 6.45) is 10.2. The maximum absolute atomic E-state index is 12.9. The average molecular weight is 321 g/mol. The Morgan fingerprint density at radius 1 is 1.32 bits per heavy atom. The maximum Gasteiger partial charge on any atom is 0.267 e. The normalized spacial score (nSPS) is 40.6. The van der Waals surface area contributed by atoms with Gasteiger partial charge < -0.3 is 0 Å². The fraction of sp³-hybridized carbons (Fsp3) is 0.706. The standard InChI is InChI=1S/C17H23NO3S/c1-16(2)13-8-9-17(16)11-22(20,21)18(14(17)10-13)15(19)12-6-4-3-5-7-12/h4,6-7,13-14H,3,5,8-11H2,1-2H3. The minimum atomic E-state index is -3.50. The van der Waals surface area contributed by atoms with Crippen molar-refractivity contribution in [3.05, 3.63) is 23.8 Å². The molecule has 2 bridgehead atoms. The topological polar surface area (TPSA) is 54.5 Å². The van der Waals surface area contributed by atoms with Crippen LogP contribution in [0.4, 0.5) is 0 Å². The SMILES string of the molecule is CC1(C)C2CCC13CS(=O)(=O)N(C(=O)C1=CCCC=C1)C3C2. The second-order valence-electron chi connectivity index (χ2n) is 7.86. The zero-order chi connectivity index (χ0) is 15.8. The van der Waals surface area contributed by atoms with Crippen LogP contribution in [0.15, 0.2) is 23.8 Å². The highest BCUT2D eigenvalue weighted by Gasteiger charge is 2.72. The molecule has 3 fully saturated rings. The van der Waals surface area contributed by atoms with Gasteiger partial charge in [0.25, 0.3) is 5.91 Å². The highest BCUT2D eigenvalue weighted by Crippen LogP contribution is 2.70. The zero-order valence-electron chi connectivity index (χ0n) is 13.2. The monoisotopic (exact) mass is 321 g/mol. The number of allylic oxidation sites excluding steroid dienone is 2. The van der Waals surface area contributed by atoms with Crippen LogP contribution in [-0.4, -0.2) is 30.4 Å². The summed E-state index contributed by atoms with van der Waals surface area (Å²) in [5.41, 5.74) is 0.328. The van der Waals surface area contributed by atoms with Crippen LogP contribution in [0.5, 0.6) is 0 Å². The molecule has 0 radical (unpaired) electrons. The van der Waals surface area contributed by atoms with Crippen LogP contribution in [0.3, 0.4) is 0 Å². The molecule has 22 heavy (non-hydrogen) atoms. The van der Waals surface area contributed by atoms with Gasteiger partial charge in [-0.15, -0.1) is 0 Å². The van der Waals surface area contributed by atoms with Crippen LogP contribution < -0.4 is 0 Å². The van der Waals surface area contributed by atoms with Gasteiger partial charge in [-0.05, 0) is 43.4 Å². The largest absolute Gasteiger partial charge is 0.268 e. The molecular formula is C17H23NO3S. The molecule has 1 amide bonds. The van der Waals surface area contributed by atoms with Gasteiger partial charge in [0.1, 0.15) is 0 Å². The van der Waals surface area contributed by atoms with Crippen LogP contribution in [0.1, 0.15) is 46.0 Å². The smallest absolute Gasteiger partial charge is 0.267 e. The van der Waals surface area contributed by atoms with Crippen molar-refractivity contribution in [2.45, 2.75) is 52.0 Å². The molecule has 0 N–H and O–H groups in total. The number of sulfonamides is 1. The molecule has 1 heterocycles. The van der Waals surface area contributed by atoms with E-state index in [4.69, 9.17) is 0 Å². The second kappa shape index (κ2) is 4.25. The molecule has 0 aromatic heterocycles. The van der Waals surface area contributed by atoms with Crippen molar-refractivity contribution < 1.29 is 13.2 Å². The van der Waals surface area contributed by atoms with Crippen molar-refractivity contribution in [2.75, 3.05) is 5.75 Å². The molecule has 4 rings (SSSR count). The summed E-state index contributed by atoms with van der Waals surface area (Å²) in [5.74, 6) is 0.386. The molecule has 3 unspecified atom stereocenters. The molecule has 5 heteroatoms. The van der Waals surface area contributed by atoms with Crippen molar-refractivity contribution in [1.82, 2.24) is 4.31 Å². The van der Waals surface area contributed by atoms with Gasteiger partial charge in [-0.1, -0.05) is 32.1 Å². The highest BCUT2D eigenvalue weighted by molar-refractivity contribution is 7.90. The molecule has 3 atom stereocenters. The molecule has 0 aromatic carbocycles. The quantitative estimate of drug-likeness (QED) is 0.746. The van der Waals surface area contributed by atoms with Crippen LogP contribution in [-0.2, 0) is 14.8 Å². The Labute approximate surface area is 132 Å². The minimum Gasteiger partial charge on any atom is -0.268 e. The number of nitrogens with zero attached hydrogens (tertiary/aromatic N) is 1. The molecular weight excluding hydrogens is 298 g/mol. The first kappa shape index (κ1) is 14.5. The number of carbonyl (C=O) groups excluding carboxylic acids is 1. The number of amides is 1. The molecule has 1 saturated heterocycles. The molecule has 3 aliphatic carbocycles. The van der Waals surface area contributed by atoms with Gasteiger partial charge in [0, 0.05) is 11.0 Å². The summed E-state index contributed by atoms with van der Waals surface area (Å²) in [5, 5.41) is 0. The van der Waals surface area contributed by atoms with Gasteiger partial charge in [0.15, 0.2) is 0 Å². The molecule has 120 valence electrons. The minimum absolute atomic E-state index is 0.0105. The van der Waals surface area contributed by atoms with E-state index in [2.05, 4.69) is 13.8 Å². The van der Waals surface area contributed by atoms with Crippen molar-refractivity contribution in [3.63, 3.8) is 0 Å². The van der Waals surface area contributed by atoms with Crippen molar-refractivity contribution in [2.24, 2.45) is 16.7 Å². The van der Waals surface area contributed by atoms with Crippen LogP contribution in [0.25, 0.3) is 0 Å². The lowest BCUT2D eigenvalue weighted by atomic mass is 9.69. The second-order valence-corrected chi connectivity index (χ2v) is 9.71. The summed E-state index contributed by atoms with van der Waals surface area (Å²) in [7, 11) is -3.50. The van der Waals surface area contributed by atoms with E-state index < -0.39 is 10.0 Å². The van der Waals surface area contributed by atoms with E-state index in [1.165, 1.54) is 4.31 Å². The predicted molar refractivity (Wildman–Crippen MR) is 84.4 cm³/mol. The summed E-state index contributed by atoms with van der Waals surface area (Å²) >= 11 is 0. The van der Waals surface area contributed by atoms with Crippen LogP contribution in [0.2, 0.25) is 0 Å². The maximum atomic E-state index is 12.9. The fourth-order valence-electron chi connectivity index (χ4n) is 5.46. The van der Waals surface area contributed by atoms with Crippen molar-refractivity contribution >= 4 is 15.9 Å². The Morgan fingerprint density at radius 3 is 2.73 bits per heavy atom. The Hall–Kier alpha value is -1.10. The molecule has 1 aliphatic heterocycles. The first-order valence-corrected chi connectivity index (χ1v) is 9.84. The van der Waals surface area contributed by atoms with E-state index in [0.717, 1.165) is 32.1 Å². The van der Waals surface area contributed by atoms with E-state index in [0.29, 0.717) is 11.5 Å². The average Bonchev–Trinajstić information content (AvgIpc) is 2.94. The number of carbonyl (C=O) groups is 1. The van der Waals surface area contributed by atoms with Gasteiger partial charge >= 0.3 is 0 Å². The Bertz CT molecular complexity index is 703. The Kier molecular flexibility index (Phi) is 2.80. The van der Waals surface area contributed by atoms with Crippen molar-refractivity contribution in [3.8, 4) is 0 Å². The third kappa shape index (κ3) is 1.58. The lowest BCUT2D eigenvalue weighted by molar-refractivity contribution is -0.124. The first-order chi connectivity index (χ1) is 10.3. The third-order valence-electron chi connectivity index (χ3n) is 6.85. The molecule has 4 nitrogen and oxygen atoms in total. The lowest BCUT2D eigenvalue weighted by Crippen LogP contribution is -2.44. The first-order valence-electron chi connectivity index (χ1n) is 8.23. The predicted octanol–water partition coefficient (Wildman–Crippen LogP) is 2.63. The van der Waals surface area contributed by atoms with Crippen molar-refractivity contribution in [1.29, 1.82) is 0 Å². The summed E-state index contributed by atoms with van der Waals surface area (Å²) in [6.45, 7) is 4.40. The zero-order valence-corrected chi connectivity index (χ0v) is 14.0. The number of rotatable bonds is 1. The van der Waals surface area contributed by atoms with E-state index in [-0.39, 0.29) is 28.5 Å². The highest BCUT2D eigenvalue weighted by atomic mass is 32.2. The molecule has 1 spiro atoms. The van der Waals surface area contributed by atoms with Crippen LogP contribution >= 0.6 is 0 Å². The van der Waals surface area contributed by atoms with Gasteiger partial charge in [-0.2, -0.15) is 0 Å². The summed E-state index contributed by atoms with van der Waals surface area (Å²) < 4.78 is 26.8. The molecule has 0 aromatic rings. The van der Waals surface area contributed by atoms with E-state index in [1.807, 2.05) is 12.2 Å². The summed E-state index contributed by atoms with van der Waals surface area (Å²) in [6, 6.07) is -0.130. The lowest BCUT2D eigenvalue weighted by Gasteiger charge is -2.37. The van der Waals surface area contributed by atoms with E-state index in [9.17, 15) is 13.2 Å². The van der Waals surface area contributed by atoms with E-state index >= 15 is 0 Å². The van der Waals surface area contributed by atoms with Gasteiger partial charge in [0.2, 0.25) is 10.0 Å². The number of hydrogen-bond acceptors (Lipinski definition) is 3. The molecule has 4 aliphatic rings. The fourth-order valence-corrected chi connectivity index (χ4v) is 7.99.